The SMILES string of the molecule is COc1ccc(-c2nc(NC(=O)CN3CCCCCC3=O)sc2C)cc1. The number of hydrogen-bond donors (Lipinski definition) is 1. The molecule has 1 aliphatic rings. The highest BCUT2D eigenvalue weighted by molar-refractivity contribution is 7.16. The second-order valence-corrected chi connectivity index (χ2v) is 7.53. The standard InChI is InChI=1S/C19H23N3O3S/c1-13-18(14-7-9-15(25-2)10-8-14)21-19(26-13)20-16(23)12-22-11-5-3-4-6-17(22)24/h7-10H,3-6,11-12H2,1-2H3,(H,20,21,23). The minimum absolute atomic E-state index is 0.0619. The first-order chi connectivity index (χ1) is 12.6. The number of likely N-dealkylation sites (tertiary alicyclic amines) is 1. The summed E-state index contributed by atoms with van der Waals surface area (Å²) in [5, 5.41) is 3.39. The van der Waals surface area contributed by atoms with Crippen LogP contribution in [0, 0.1) is 6.92 Å². The number of aryl methyl sites for hydroxylation is 1. The number of nitrogens with zero attached hydrogens (tertiary/aromatic N) is 2. The van der Waals surface area contributed by atoms with Gasteiger partial charge in [-0.05, 0) is 44.0 Å². The van der Waals surface area contributed by atoms with E-state index in [-0.39, 0.29) is 18.4 Å². The maximum atomic E-state index is 12.3. The van der Waals surface area contributed by atoms with Gasteiger partial charge in [0, 0.05) is 23.4 Å². The molecule has 0 aliphatic carbocycles. The monoisotopic (exact) mass is 373 g/mol. The third kappa shape index (κ3) is 4.40. The Morgan fingerprint density at radius 2 is 2.04 bits per heavy atom. The maximum Gasteiger partial charge on any atom is 0.245 e. The van der Waals surface area contributed by atoms with Gasteiger partial charge in [-0.15, -0.1) is 11.3 Å². The molecule has 1 aromatic carbocycles. The summed E-state index contributed by atoms with van der Waals surface area (Å²) in [5.74, 6) is 0.652. The number of aromatic nitrogens is 1. The van der Waals surface area contributed by atoms with E-state index in [9.17, 15) is 9.59 Å². The van der Waals surface area contributed by atoms with Crippen LogP contribution < -0.4 is 10.1 Å². The third-order valence-corrected chi connectivity index (χ3v) is 5.30. The van der Waals surface area contributed by atoms with Crippen LogP contribution in [0.5, 0.6) is 5.75 Å². The Balaban J connectivity index is 1.66. The fourth-order valence-corrected chi connectivity index (χ4v) is 3.86. The van der Waals surface area contributed by atoms with Crippen molar-refractivity contribution in [2.75, 3.05) is 25.5 Å². The van der Waals surface area contributed by atoms with Crippen molar-refractivity contribution in [3.8, 4) is 17.0 Å². The molecule has 0 atom stereocenters. The van der Waals surface area contributed by atoms with E-state index in [0.717, 1.165) is 41.1 Å². The number of nitrogens with one attached hydrogen (secondary N) is 1. The Morgan fingerprint density at radius 1 is 1.27 bits per heavy atom. The molecule has 3 rings (SSSR count). The van der Waals surface area contributed by atoms with Gasteiger partial charge in [0.2, 0.25) is 11.8 Å². The van der Waals surface area contributed by atoms with Gasteiger partial charge < -0.3 is 15.0 Å². The van der Waals surface area contributed by atoms with Crippen molar-refractivity contribution in [2.24, 2.45) is 0 Å². The maximum absolute atomic E-state index is 12.3. The normalized spacial score (nSPS) is 14.8. The van der Waals surface area contributed by atoms with Gasteiger partial charge in [-0.25, -0.2) is 4.98 Å². The van der Waals surface area contributed by atoms with Crippen LogP contribution in [0.2, 0.25) is 0 Å². The predicted octanol–water partition coefficient (Wildman–Crippen LogP) is 3.47. The first-order valence-corrected chi connectivity index (χ1v) is 9.58. The predicted molar refractivity (Wildman–Crippen MR) is 103 cm³/mol. The number of ether oxygens (including phenoxy) is 1. The van der Waals surface area contributed by atoms with Crippen LogP contribution in [0.3, 0.4) is 0 Å². The lowest BCUT2D eigenvalue weighted by atomic mass is 10.1. The van der Waals surface area contributed by atoms with Crippen molar-refractivity contribution in [2.45, 2.75) is 32.6 Å². The molecule has 26 heavy (non-hydrogen) atoms. The van der Waals surface area contributed by atoms with Crippen LogP contribution in [-0.4, -0.2) is 41.9 Å². The molecule has 1 saturated heterocycles. The Hall–Kier alpha value is -2.41. The van der Waals surface area contributed by atoms with Crippen molar-refractivity contribution in [1.82, 2.24) is 9.88 Å². The molecule has 0 unspecified atom stereocenters. The fourth-order valence-electron chi connectivity index (χ4n) is 3.00. The summed E-state index contributed by atoms with van der Waals surface area (Å²) < 4.78 is 5.18. The van der Waals surface area contributed by atoms with E-state index >= 15 is 0 Å². The number of carbonyl (C=O) groups is 2. The molecule has 7 heteroatoms. The molecule has 1 N–H and O–H groups in total. The minimum atomic E-state index is -0.199. The third-order valence-electron chi connectivity index (χ3n) is 4.41. The fraction of sp³-hybridized carbons (Fsp3) is 0.421. The summed E-state index contributed by atoms with van der Waals surface area (Å²) in [7, 11) is 1.63. The molecule has 0 radical (unpaired) electrons. The van der Waals surface area contributed by atoms with Crippen molar-refractivity contribution >= 4 is 28.3 Å². The Kier molecular flexibility index (Phi) is 5.88. The highest BCUT2D eigenvalue weighted by Gasteiger charge is 2.20. The van der Waals surface area contributed by atoms with Crippen LogP contribution in [0.4, 0.5) is 5.13 Å². The molecule has 138 valence electrons. The molecule has 2 amide bonds. The van der Waals surface area contributed by atoms with Gasteiger partial charge in [0.15, 0.2) is 5.13 Å². The Morgan fingerprint density at radius 3 is 2.77 bits per heavy atom. The number of carbonyl (C=O) groups excluding carboxylic acids is 2. The van der Waals surface area contributed by atoms with E-state index in [2.05, 4.69) is 10.3 Å². The van der Waals surface area contributed by atoms with Gasteiger partial charge in [-0.2, -0.15) is 0 Å². The van der Waals surface area contributed by atoms with Crippen molar-refractivity contribution in [3.63, 3.8) is 0 Å². The zero-order valence-electron chi connectivity index (χ0n) is 15.1. The molecule has 2 heterocycles. The van der Waals surface area contributed by atoms with Crippen LogP contribution in [0.1, 0.15) is 30.6 Å². The quantitative estimate of drug-likeness (QED) is 0.871. The topological polar surface area (TPSA) is 71.5 Å². The second-order valence-electron chi connectivity index (χ2n) is 6.33. The van der Waals surface area contributed by atoms with E-state index < -0.39 is 0 Å². The molecule has 1 aromatic heterocycles. The van der Waals surface area contributed by atoms with E-state index in [0.29, 0.717) is 18.1 Å². The number of methoxy groups -OCH3 is 1. The van der Waals surface area contributed by atoms with Crippen LogP contribution in [-0.2, 0) is 9.59 Å². The zero-order chi connectivity index (χ0) is 18.5. The molecule has 1 aliphatic heterocycles. The summed E-state index contributed by atoms with van der Waals surface area (Å²) in [6.07, 6.45) is 3.44. The minimum Gasteiger partial charge on any atom is -0.497 e. The molecule has 2 aromatic rings. The first kappa shape index (κ1) is 18.4. The molecule has 1 fully saturated rings. The van der Waals surface area contributed by atoms with Gasteiger partial charge in [-0.3, -0.25) is 9.59 Å². The van der Waals surface area contributed by atoms with Gasteiger partial charge in [0.1, 0.15) is 5.75 Å². The Labute approximate surface area is 157 Å². The van der Waals surface area contributed by atoms with E-state index in [1.165, 1.54) is 11.3 Å². The van der Waals surface area contributed by atoms with Crippen LogP contribution in [0.25, 0.3) is 11.3 Å². The summed E-state index contributed by atoms with van der Waals surface area (Å²) in [6.45, 7) is 2.72. The van der Waals surface area contributed by atoms with Crippen molar-refractivity contribution in [1.29, 1.82) is 0 Å². The number of benzene rings is 1. The smallest absolute Gasteiger partial charge is 0.245 e. The lowest BCUT2D eigenvalue weighted by Crippen LogP contribution is -2.37. The molecule has 0 spiro atoms. The summed E-state index contributed by atoms with van der Waals surface area (Å²) in [4.78, 5) is 31.6. The summed E-state index contributed by atoms with van der Waals surface area (Å²) in [5.41, 5.74) is 1.82. The van der Waals surface area contributed by atoms with Crippen LogP contribution in [0.15, 0.2) is 24.3 Å². The number of amides is 2. The lowest BCUT2D eigenvalue weighted by molar-refractivity contribution is -0.134. The summed E-state index contributed by atoms with van der Waals surface area (Å²) >= 11 is 1.44. The van der Waals surface area contributed by atoms with Gasteiger partial charge in [0.05, 0.1) is 19.3 Å². The van der Waals surface area contributed by atoms with E-state index in [1.54, 1.807) is 12.0 Å². The number of rotatable bonds is 5. The Bertz CT molecular complexity index is 786. The average molecular weight is 373 g/mol. The van der Waals surface area contributed by atoms with E-state index in [1.807, 2.05) is 31.2 Å². The molecular weight excluding hydrogens is 350 g/mol. The number of thiazole rings is 1. The molecule has 0 saturated carbocycles. The van der Waals surface area contributed by atoms with Crippen molar-refractivity contribution < 1.29 is 14.3 Å². The van der Waals surface area contributed by atoms with Crippen molar-refractivity contribution in [3.05, 3.63) is 29.1 Å². The first-order valence-electron chi connectivity index (χ1n) is 8.76. The molecule has 6 nitrogen and oxygen atoms in total. The average Bonchev–Trinajstić information content (AvgIpc) is 2.87. The number of hydrogen-bond acceptors (Lipinski definition) is 5. The highest BCUT2D eigenvalue weighted by atomic mass is 32.1. The van der Waals surface area contributed by atoms with Gasteiger partial charge in [-0.1, -0.05) is 6.42 Å². The molecule has 0 bridgehead atoms. The van der Waals surface area contributed by atoms with Gasteiger partial charge >= 0.3 is 0 Å². The number of anilines is 1. The largest absolute Gasteiger partial charge is 0.497 e. The van der Waals surface area contributed by atoms with Gasteiger partial charge in [0.25, 0.3) is 0 Å². The van der Waals surface area contributed by atoms with Crippen LogP contribution >= 0.6 is 11.3 Å². The lowest BCUT2D eigenvalue weighted by Gasteiger charge is -2.19. The summed E-state index contributed by atoms with van der Waals surface area (Å²) in [6, 6.07) is 7.67. The molecular formula is C19H23N3O3S. The zero-order valence-corrected chi connectivity index (χ0v) is 15.9. The highest BCUT2D eigenvalue weighted by Crippen LogP contribution is 2.31. The second kappa shape index (κ2) is 8.31. The van der Waals surface area contributed by atoms with E-state index in [4.69, 9.17) is 4.74 Å².